The number of aromatic nitrogens is 1. The summed E-state index contributed by atoms with van der Waals surface area (Å²) in [5, 5.41) is 2.93. The Balaban J connectivity index is 1.28. The highest BCUT2D eigenvalue weighted by molar-refractivity contribution is 5.91. The van der Waals surface area contributed by atoms with Crippen LogP contribution in [0.5, 0.6) is 0 Å². The van der Waals surface area contributed by atoms with Crippen molar-refractivity contribution in [3.8, 4) is 0 Å². The summed E-state index contributed by atoms with van der Waals surface area (Å²) in [6.45, 7) is 4.40. The van der Waals surface area contributed by atoms with Crippen LogP contribution in [0, 0.1) is 11.8 Å². The van der Waals surface area contributed by atoms with E-state index in [4.69, 9.17) is 9.15 Å². The number of piperidine rings is 1. The molecule has 0 unspecified atom stereocenters. The van der Waals surface area contributed by atoms with Gasteiger partial charge in [0.25, 0.3) is 5.91 Å². The van der Waals surface area contributed by atoms with Crippen LogP contribution in [-0.4, -0.2) is 48.1 Å². The monoisotopic (exact) mass is 341 g/mol. The summed E-state index contributed by atoms with van der Waals surface area (Å²) in [5.74, 6) is 1.24. The lowest BCUT2D eigenvalue weighted by atomic mass is 9.84. The molecule has 2 aromatic heterocycles. The smallest absolute Gasteiger partial charge is 0.287 e. The average molecular weight is 341 g/mol. The zero-order valence-corrected chi connectivity index (χ0v) is 14.1. The molecule has 0 radical (unpaired) electrons. The van der Waals surface area contributed by atoms with Crippen LogP contribution in [0.2, 0.25) is 0 Å². The first-order valence-electron chi connectivity index (χ1n) is 8.84. The molecule has 132 valence electrons. The van der Waals surface area contributed by atoms with Crippen LogP contribution in [0.3, 0.4) is 0 Å². The predicted octanol–water partition coefficient (Wildman–Crippen LogP) is 1.94. The fourth-order valence-electron chi connectivity index (χ4n) is 3.95. The van der Waals surface area contributed by atoms with E-state index in [9.17, 15) is 4.79 Å². The van der Waals surface area contributed by atoms with Crippen molar-refractivity contribution < 1.29 is 13.9 Å². The quantitative estimate of drug-likeness (QED) is 0.900. The summed E-state index contributed by atoms with van der Waals surface area (Å²) in [7, 11) is 0. The van der Waals surface area contributed by atoms with E-state index in [2.05, 4.69) is 27.3 Å². The third-order valence-corrected chi connectivity index (χ3v) is 5.24. The van der Waals surface area contributed by atoms with Gasteiger partial charge in [0.2, 0.25) is 0 Å². The standard InChI is InChI=1S/C19H23N3O3/c23-19(17-2-1-9-24-17)21-10-18-16-5-8-22(12-15(16)13-25-18)11-14-3-6-20-7-4-14/h1-4,6-7,9,15-16,18H,5,8,10-13H2,(H,21,23)/t15-,16-,18+/m1/s1. The fraction of sp³-hybridized carbons (Fsp3) is 0.474. The molecular formula is C19H23N3O3. The van der Waals surface area contributed by atoms with Crippen molar-refractivity contribution in [3.63, 3.8) is 0 Å². The average Bonchev–Trinajstić information content (AvgIpc) is 3.30. The van der Waals surface area contributed by atoms with E-state index in [1.54, 1.807) is 12.1 Å². The lowest BCUT2D eigenvalue weighted by Gasteiger charge is -2.35. The van der Waals surface area contributed by atoms with Crippen LogP contribution in [0.25, 0.3) is 0 Å². The molecule has 0 bridgehead atoms. The fourth-order valence-corrected chi connectivity index (χ4v) is 3.95. The zero-order chi connectivity index (χ0) is 17.1. The van der Waals surface area contributed by atoms with Gasteiger partial charge in [0.15, 0.2) is 5.76 Å². The van der Waals surface area contributed by atoms with Gasteiger partial charge in [0.1, 0.15) is 0 Å². The zero-order valence-electron chi connectivity index (χ0n) is 14.1. The van der Waals surface area contributed by atoms with Crippen LogP contribution < -0.4 is 5.32 Å². The number of amides is 1. The van der Waals surface area contributed by atoms with Crippen molar-refractivity contribution in [2.24, 2.45) is 11.8 Å². The van der Waals surface area contributed by atoms with Crippen molar-refractivity contribution in [2.45, 2.75) is 19.1 Å². The first-order valence-corrected chi connectivity index (χ1v) is 8.84. The molecule has 3 atom stereocenters. The maximum absolute atomic E-state index is 12.0. The van der Waals surface area contributed by atoms with E-state index in [-0.39, 0.29) is 12.0 Å². The highest BCUT2D eigenvalue weighted by Gasteiger charge is 2.40. The van der Waals surface area contributed by atoms with Gasteiger partial charge in [0.05, 0.1) is 19.0 Å². The number of likely N-dealkylation sites (tertiary alicyclic amines) is 1. The van der Waals surface area contributed by atoms with Gasteiger partial charge in [-0.2, -0.15) is 0 Å². The van der Waals surface area contributed by atoms with Crippen molar-refractivity contribution in [1.29, 1.82) is 0 Å². The van der Waals surface area contributed by atoms with Crippen LogP contribution in [0.15, 0.2) is 47.3 Å². The third kappa shape index (κ3) is 3.75. The molecule has 2 aromatic rings. The van der Waals surface area contributed by atoms with Crippen LogP contribution in [0.4, 0.5) is 0 Å². The summed E-state index contributed by atoms with van der Waals surface area (Å²) in [5.41, 5.74) is 1.30. The molecule has 2 aliphatic rings. The minimum atomic E-state index is -0.174. The van der Waals surface area contributed by atoms with Crippen molar-refractivity contribution >= 4 is 5.91 Å². The molecule has 0 saturated carbocycles. The Bertz CT molecular complexity index is 689. The van der Waals surface area contributed by atoms with Gasteiger partial charge in [-0.1, -0.05) is 0 Å². The Kier molecular flexibility index (Phi) is 4.81. The lowest BCUT2D eigenvalue weighted by molar-refractivity contribution is 0.0729. The Morgan fingerprint density at radius 2 is 2.20 bits per heavy atom. The van der Waals surface area contributed by atoms with E-state index < -0.39 is 0 Å². The Labute approximate surface area is 147 Å². The molecule has 2 fully saturated rings. The van der Waals surface area contributed by atoms with Crippen molar-refractivity contribution in [3.05, 3.63) is 54.2 Å². The molecule has 0 aromatic carbocycles. The van der Waals surface area contributed by atoms with Crippen molar-refractivity contribution in [2.75, 3.05) is 26.2 Å². The van der Waals surface area contributed by atoms with Gasteiger partial charge >= 0.3 is 0 Å². The first-order chi connectivity index (χ1) is 12.3. The number of fused-ring (bicyclic) bond motifs is 1. The minimum absolute atomic E-state index is 0.104. The molecule has 25 heavy (non-hydrogen) atoms. The number of carbonyl (C=O) groups excluding carboxylic acids is 1. The number of pyridine rings is 1. The number of nitrogens with one attached hydrogen (secondary N) is 1. The van der Waals surface area contributed by atoms with Crippen LogP contribution in [-0.2, 0) is 11.3 Å². The summed E-state index contributed by atoms with van der Waals surface area (Å²) in [4.78, 5) is 18.6. The largest absolute Gasteiger partial charge is 0.459 e. The van der Waals surface area contributed by atoms with E-state index in [0.29, 0.717) is 24.1 Å². The molecule has 2 saturated heterocycles. The number of hydrogen-bond acceptors (Lipinski definition) is 5. The maximum Gasteiger partial charge on any atom is 0.287 e. The maximum atomic E-state index is 12.0. The number of furan rings is 1. The second-order valence-corrected chi connectivity index (χ2v) is 6.86. The topological polar surface area (TPSA) is 67.6 Å². The van der Waals surface area contributed by atoms with Crippen molar-refractivity contribution in [1.82, 2.24) is 15.2 Å². The highest BCUT2D eigenvalue weighted by atomic mass is 16.5. The molecule has 6 heteroatoms. The Morgan fingerprint density at radius 3 is 3.00 bits per heavy atom. The number of rotatable bonds is 5. The van der Waals surface area contributed by atoms with E-state index in [1.165, 1.54) is 11.8 Å². The number of hydrogen-bond donors (Lipinski definition) is 1. The molecule has 0 spiro atoms. The first kappa shape index (κ1) is 16.3. The second-order valence-electron chi connectivity index (χ2n) is 6.86. The molecule has 6 nitrogen and oxygen atoms in total. The van der Waals surface area contributed by atoms with Gasteiger partial charge in [-0.3, -0.25) is 14.7 Å². The van der Waals surface area contributed by atoms with E-state index >= 15 is 0 Å². The van der Waals surface area contributed by atoms with Gasteiger partial charge in [-0.15, -0.1) is 0 Å². The molecule has 4 rings (SSSR count). The van der Waals surface area contributed by atoms with Gasteiger partial charge in [0, 0.05) is 37.9 Å². The highest BCUT2D eigenvalue weighted by Crippen LogP contribution is 2.34. The SMILES string of the molecule is O=C(NC[C@@H]1OC[C@H]2CN(Cc3ccncc3)CC[C@H]21)c1ccco1. The molecule has 1 amide bonds. The predicted molar refractivity (Wildman–Crippen MR) is 91.9 cm³/mol. The minimum Gasteiger partial charge on any atom is -0.459 e. The van der Waals surface area contributed by atoms with E-state index in [0.717, 1.165) is 32.7 Å². The summed E-state index contributed by atoms with van der Waals surface area (Å²) in [6.07, 6.45) is 6.41. The summed E-state index contributed by atoms with van der Waals surface area (Å²) < 4.78 is 11.1. The van der Waals surface area contributed by atoms with Gasteiger partial charge in [-0.05, 0) is 48.7 Å². The molecule has 1 N–H and O–H groups in total. The van der Waals surface area contributed by atoms with Crippen LogP contribution >= 0.6 is 0 Å². The summed E-state index contributed by atoms with van der Waals surface area (Å²) >= 11 is 0. The molecule has 4 heterocycles. The molecule has 2 aliphatic heterocycles. The number of carbonyl (C=O) groups is 1. The molecule has 0 aliphatic carbocycles. The van der Waals surface area contributed by atoms with Gasteiger partial charge < -0.3 is 14.5 Å². The Morgan fingerprint density at radius 1 is 1.32 bits per heavy atom. The third-order valence-electron chi connectivity index (χ3n) is 5.24. The second kappa shape index (κ2) is 7.37. The molecular weight excluding hydrogens is 318 g/mol. The lowest BCUT2D eigenvalue weighted by Crippen LogP contribution is -2.43. The number of ether oxygens (including phenoxy) is 1. The number of nitrogens with zero attached hydrogens (tertiary/aromatic N) is 2. The summed E-state index contributed by atoms with van der Waals surface area (Å²) in [6, 6.07) is 7.54. The Hall–Kier alpha value is -2.18. The normalized spacial score (nSPS) is 26.3. The van der Waals surface area contributed by atoms with Crippen LogP contribution in [0.1, 0.15) is 22.5 Å². The van der Waals surface area contributed by atoms with Gasteiger partial charge in [-0.25, -0.2) is 0 Å². The van der Waals surface area contributed by atoms with E-state index in [1.807, 2.05) is 12.4 Å².